The summed E-state index contributed by atoms with van der Waals surface area (Å²) in [7, 11) is 3.47. The van der Waals surface area contributed by atoms with Crippen molar-refractivity contribution in [2.24, 2.45) is 0 Å². The van der Waals surface area contributed by atoms with Crippen LogP contribution >= 0.6 is 11.6 Å². The fraction of sp³-hybridized carbons (Fsp3) is 0.250. The van der Waals surface area contributed by atoms with E-state index in [0.717, 1.165) is 12.8 Å². The monoisotopic (exact) mass is 427 g/mol. The molecule has 10 heteroatoms. The second-order valence-corrected chi connectivity index (χ2v) is 8.02. The van der Waals surface area contributed by atoms with Crippen LogP contribution in [0.1, 0.15) is 23.3 Å². The molecule has 4 N–H and O–H groups in total. The number of carbonyl (C=O) groups excluding carboxylic acids is 1. The number of nitrogen functional groups attached to an aromatic ring is 1. The maximum absolute atomic E-state index is 15.2. The Hall–Kier alpha value is -3.33. The lowest BCUT2D eigenvalue weighted by Gasteiger charge is -2.18. The van der Waals surface area contributed by atoms with E-state index in [9.17, 15) is 4.79 Å². The Morgan fingerprint density at radius 3 is 2.87 bits per heavy atom. The number of halogens is 2. The molecule has 1 aliphatic rings. The van der Waals surface area contributed by atoms with Gasteiger partial charge in [0, 0.05) is 42.8 Å². The third kappa shape index (κ3) is 2.77. The zero-order valence-corrected chi connectivity index (χ0v) is 17.1. The van der Waals surface area contributed by atoms with Crippen LogP contribution in [0.5, 0.6) is 0 Å². The number of aromatic nitrogens is 4. The van der Waals surface area contributed by atoms with Crippen molar-refractivity contribution in [1.82, 2.24) is 24.9 Å². The molecule has 1 aromatic carbocycles. The average molecular weight is 428 g/mol. The molecule has 3 aromatic heterocycles. The van der Waals surface area contributed by atoms with Gasteiger partial charge in [0.25, 0.3) is 5.91 Å². The van der Waals surface area contributed by atoms with Crippen molar-refractivity contribution in [2.75, 3.05) is 24.7 Å². The van der Waals surface area contributed by atoms with Crippen LogP contribution in [0.3, 0.4) is 0 Å². The molecule has 3 heterocycles. The summed E-state index contributed by atoms with van der Waals surface area (Å²) >= 11 is 6.48. The third-order valence-electron chi connectivity index (χ3n) is 5.27. The van der Waals surface area contributed by atoms with E-state index in [1.54, 1.807) is 47.9 Å². The van der Waals surface area contributed by atoms with Gasteiger partial charge in [-0.3, -0.25) is 14.3 Å². The molecule has 0 unspecified atom stereocenters. The van der Waals surface area contributed by atoms with Gasteiger partial charge in [-0.1, -0.05) is 11.6 Å². The molecule has 0 aliphatic heterocycles. The summed E-state index contributed by atoms with van der Waals surface area (Å²) in [6.45, 7) is 0. The number of anilines is 2. The van der Waals surface area contributed by atoms with Crippen molar-refractivity contribution < 1.29 is 9.18 Å². The number of nitrogens with two attached hydrogens (primary N) is 1. The molecule has 1 amide bonds. The van der Waals surface area contributed by atoms with E-state index < -0.39 is 5.82 Å². The first kappa shape index (κ1) is 18.7. The van der Waals surface area contributed by atoms with Crippen molar-refractivity contribution in [2.45, 2.75) is 18.9 Å². The normalized spacial score (nSPS) is 13.9. The summed E-state index contributed by atoms with van der Waals surface area (Å²) in [6.07, 6.45) is 5.22. The van der Waals surface area contributed by atoms with E-state index in [4.69, 9.17) is 17.3 Å². The van der Waals surface area contributed by atoms with Crippen LogP contribution in [0.4, 0.5) is 15.9 Å². The number of hydrogen-bond donors (Lipinski definition) is 3. The van der Waals surface area contributed by atoms with Crippen LogP contribution in [-0.2, 0) is 0 Å². The van der Waals surface area contributed by atoms with Crippen LogP contribution < -0.4 is 16.0 Å². The van der Waals surface area contributed by atoms with E-state index in [2.05, 4.69) is 20.5 Å². The maximum atomic E-state index is 15.2. The van der Waals surface area contributed by atoms with Crippen molar-refractivity contribution in [1.29, 1.82) is 0 Å². The number of carbonyl (C=O) groups is 1. The molecule has 4 aromatic rings. The summed E-state index contributed by atoms with van der Waals surface area (Å²) in [5.74, 6) is -0.697. The highest BCUT2D eigenvalue weighted by Crippen LogP contribution is 2.42. The molecule has 0 spiro atoms. The number of aromatic amines is 1. The summed E-state index contributed by atoms with van der Waals surface area (Å²) in [5.41, 5.74) is 8.74. The summed E-state index contributed by atoms with van der Waals surface area (Å²) in [6, 6.07) is 3.67. The number of nitrogens with one attached hydrogen (secondary N) is 2. The number of H-pyrrole nitrogens is 1. The lowest BCUT2D eigenvalue weighted by Crippen LogP contribution is -2.27. The second kappa shape index (κ2) is 6.60. The number of imidazole rings is 1. The Balaban J connectivity index is 1.73. The van der Waals surface area contributed by atoms with Crippen molar-refractivity contribution >= 4 is 45.6 Å². The summed E-state index contributed by atoms with van der Waals surface area (Å²) in [5, 5.41) is 10.5. The van der Waals surface area contributed by atoms with Gasteiger partial charge in [-0.05, 0) is 25.0 Å². The van der Waals surface area contributed by atoms with Crippen LogP contribution in [0.2, 0.25) is 5.02 Å². The Kier molecular flexibility index (Phi) is 4.11. The largest absolute Gasteiger partial charge is 0.382 e. The Morgan fingerprint density at radius 1 is 1.40 bits per heavy atom. The van der Waals surface area contributed by atoms with Crippen molar-refractivity contribution in [3.63, 3.8) is 0 Å². The van der Waals surface area contributed by atoms with E-state index in [1.807, 2.05) is 0 Å². The van der Waals surface area contributed by atoms with Crippen LogP contribution in [0.25, 0.3) is 27.7 Å². The minimum absolute atomic E-state index is 0.0241. The Morgan fingerprint density at radius 2 is 2.17 bits per heavy atom. The van der Waals surface area contributed by atoms with Gasteiger partial charge in [-0.2, -0.15) is 5.10 Å². The zero-order valence-electron chi connectivity index (χ0n) is 16.3. The fourth-order valence-corrected chi connectivity index (χ4v) is 4.02. The highest BCUT2D eigenvalue weighted by molar-refractivity contribution is 6.36. The van der Waals surface area contributed by atoms with E-state index >= 15 is 4.39 Å². The van der Waals surface area contributed by atoms with Gasteiger partial charge in [-0.15, -0.1) is 0 Å². The molecule has 0 atom stereocenters. The number of nitrogens with zero attached hydrogens (tertiary/aromatic N) is 4. The highest BCUT2D eigenvalue weighted by atomic mass is 35.5. The predicted molar refractivity (Wildman–Crippen MR) is 114 cm³/mol. The van der Waals surface area contributed by atoms with Crippen LogP contribution in [0.15, 0.2) is 24.5 Å². The molecule has 5 rings (SSSR count). The van der Waals surface area contributed by atoms with E-state index in [1.165, 1.54) is 0 Å². The second-order valence-electron chi connectivity index (χ2n) is 7.64. The van der Waals surface area contributed by atoms with Crippen molar-refractivity contribution in [3.8, 4) is 11.1 Å². The minimum atomic E-state index is -0.551. The molecular formula is C20H19ClFN7O. The topological polar surface area (TPSA) is 104 Å². The lowest BCUT2D eigenvalue weighted by atomic mass is 10.0. The SMILES string of the molecule is CN(C)c1c(F)c(Cl)c(-c2ccc3nc(N)c(C(=O)NC4CC4)n3c2)c2cn[nH]c12. The van der Waals surface area contributed by atoms with Crippen LogP contribution in [0, 0.1) is 5.82 Å². The van der Waals surface area contributed by atoms with E-state index in [0.29, 0.717) is 33.4 Å². The standard InChI is InChI=1S/C20H19ClFN7O/c1-28(2)17-15(22)14(21)13(11-7-24-27-16(11)17)9-3-6-12-26-19(23)18(29(12)8-9)20(30)25-10-4-5-10/h3,6-8,10H,4-5,23H2,1-2H3,(H,24,27)(H,25,30). The average Bonchev–Trinajstić information content (AvgIpc) is 3.26. The third-order valence-corrected chi connectivity index (χ3v) is 5.63. The quantitative estimate of drug-likeness (QED) is 0.464. The van der Waals surface area contributed by atoms with Gasteiger partial charge in [0.2, 0.25) is 0 Å². The van der Waals surface area contributed by atoms with Gasteiger partial charge in [0.1, 0.15) is 11.3 Å². The lowest BCUT2D eigenvalue weighted by molar-refractivity contribution is 0.0946. The molecule has 0 saturated heterocycles. The number of pyridine rings is 1. The summed E-state index contributed by atoms with van der Waals surface area (Å²) in [4.78, 5) is 18.6. The number of benzene rings is 1. The molecule has 0 bridgehead atoms. The highest BCUT2D eigenvalue weighted by Gasteiger charge is 2.27. The number of hydrogen-bond acceptors (Lipinski definition) is 5. The minimum Gasteiger partial charge on any atom is -0.382 e. The number of rotatable bonds is 4. The van der Waals surface area contributed by atoms with Gasteiger partial charge >= 0.3 is 0 Å². The molecule has 0 radical (unpaired) electrons. The molecule has 1 saturated carbocycles. The predicted octanol–water partition coefficient (Wildman–Crippen LogP) is 3.21. The molecule has 1 fully saturated rings. The smallest absolute Gasteiger partial charge is 0.272 e. The zero-order chi connectivity index (χ0) is 21.2. The van der Waals surface area contributed by atoms with Crippen LogP contribution in [-0.4, -0.2) is 45.6 Å². The molecule has 8 nitrogen and oxygen atoms in total. The first-order chi connectivity index (χ1) is 14.4. The number of fused-ring (bicyclic) bond motifs is 2. The fourth-order valence-electron chi connectivity index (χ4n) is 3.72. The maximum Gasteiger partial charge on any atom is 0.272 e. The molecule has 1 aliphatic carbocycles. The Labute approximate surface area is 175 Å². The van der Waals surface area contributed by atoms with Gasteiger partial charge in [0.05, 0.1) is 16.7 Å². The van der Waals surface area contributed by atoms with Crippen molar-refractivity contribution in [3.05, 3.63) is 41.1 Å². The van der Waals surface area contributed by atoms with Gasteiger partial charge in [-0.25, -0.2) is 9.37 Å². The Bertz CT molecular complexity index is 1320. The molecule has 154 valence electrons. The van der Waals surface area contributed by atoms with E-state index in [-0.39, 0.29) is 28.5 Å². The number of amides is 1. The first-order valence-corrected chi connectivity index (χ1v) is 9.84. The van der Waals surface area contributed by atoms with Gasteiger partial charge < -0.3 is 16.0 Å². The van der Waals surface area contributed by atoms with Gasteiger partial charge in [0.15, 0.2) is 17.3 Å². The first-order valence-electron chi connectivity index (χ1n) is 9.47. The molecular weight excluding hydrogens is 409 g/mol. The molecule has 30 heavy (non-hydrogen) atoms. The summed E-state index contributed by atoms with van der Waals surface area (Å²) < 4.78 is 16.8.